The van der Waals surface area contributed by atoms with Gasteiger partial charge in [0.05, 0.1) is 0 Å². The summed E-state index contributed by atoms with van der Waals surface area (Å²) in [6.07, 6.45) is 1.49. The fourth-order valence-electron chi connectivity index (χ4n) is 2.98. The van der Waals surface area contributed by atoms with Gasteiger partial charge in [-0.2, -0.15) is 0 Å². The first-order valence-electron chi connectivity index (χ1n) is 7.44. The van der Waals surface area contributed by atoms with E-state index in [9.17, 15) is 9.59 Å². The van der Waals surface area contributed by atoms with Crippen molar-refractivity contribution in [1.82, 2.24) is 4.90 Å². The topological polar surface area (TPSA) is 79.2 Å². The Bertz CT molecular complexity index is 693. The van der Waals surface area contributed by atoms with Crippen LogP contribution in [0.1, 0.15) is 35.2 Å². The lowest BCUT2D eigenvalue weighted by molar-refractivity contribution is -0.129. The molecule has 23 heavy (non-hydrogen) atoms. The number of carbonyl (C=O) groups excluding carboxylic acids is 1. The summed E-state index contributed by atoms with van der Waals surface area (Å²) >= 11 is 3.43. The molecule has 1 fully saturated rings. The summed E-state index contributed by atoms with van der Waals surface area (Å²) in [5.41, 5.74) is 1.19. The number of carbonyl (C=O) groups is 2. The monoisotopic (exact) mass is 380 g/mol. The van der Waals surface area contributed by atoms with Gasteiger partial charge in [-0.3, -0.25) is 4.79 Å². The van der Waals surface area contributed by atoms with E-state index in [-0.39, 0.29) is 11.6 Å². The van der Waals surface area contributed by atoms with Gasteiger partial charge in [0.1, 0.15) is 5.60 Å². The number of oxime groups is 1. The first-order valence-corrected chi connectivity index (χ1v) is 8.23. The van der Waals surface area contributed by atoms with Crippen LogP contribution in [0.25, 0.3) is 0 Å². The highest BCUT2D eigenvalue weighted by Crippen LogP contribution is 2.35. The number of hydrogen-bond acceptors (Lipinski definition) is 4. The molecule has 2 heterocycles. The van der Waals surface area contributed by atoms with Crippen molar-refractivity contribution >= 4 is 33.5 Å². The maximum Gasteiger partial charge on any atom is 0.353 e. The first kappa shape index (κ1) is 16.0. The SMILES string of the molecule is Cc1cc(C(=O)N2CCC3(CC2)CC(C(=O)O)=NO3)ccc1Br. The molecule has 0 unspecified atom stereocenters. The molecule has 0 saturated carbocycles. The average Bonchev–Trinajstić information content (AvgIpc) is 2.94. The molecule has 3 rings (SSSR count). The minimum atomic E-state index is -1.04. The van der Waals surface area contributed by atoms with Gasteiger partial charge in [0, 0.05) is 42.4 Å². The molecule has 1 saturated heterocycles. The Morgan fingerprint density at radius 1 is 1.35 bits per heavy atom. The van der Waals surface area contributed by atoms with Gasteiger partial charge < -0.3 is 14.8 Å². The molecule has 7 heteroatoms. The van der Waals surface area contributed by atoms with E-state index in [1.807, 2.05) is 25.1 Å². The van der Waals surface area contributed by atoms with Gasteiger partial charge in [-0.1, -0.05) is 21.1 Å². The smallest absolute Gasteiger partial charge is 0.353 e. The maximum atomic E-state index is 12.6. The molecule has 2 aliphatic rings. The summed E-state index contributed by atoms with van der Waals surface area (Å²) < 4.78 is 0.976. The largest absolute Gasteiger partial charge is 0.477 e. The van der Waals surface area contributed by atoms with Crippen molar-refractivity contribution in [2.24, 2.45) is 5.16 Å². The Labute approximate surface area is 142 Å². The second-order valence-corrected chi connectivity index (χ2v) is 6.90. The fraction of sp³-hybridized carbons (Fsp3) is 0.438. The summed E-state index contributed by atoms with van der Waals surface area (Å²) in [6.45, 7) is 3.02. The zero-order valence-electron chi connectivity index (χ0n) is 12.7. The second-order valence-electron chi connectivity index (χ2n) is 6.05. The molecular weight excluding hydrogens is 364 g/mol. The molecule has 1 aromatic rings. The molecule has 1 spiro atoms. The van der Waals surface area contributed by atoms with Gasteiger partial charge in [-0.15, -0.1) is 0 Å². The van der Waals surface area contributed by atoms with Crippen LogP contribution in [0.15, 0.2) is 27.8 Å². The summed E-state index contributed by atoms with van der Waals surface area (Å²) in [5, 5.41) is 12.7. The van der Waals surface area contributed by atoms with Crippen LogP contribution in [0.5, 0.6) is 0 Å². The molecule has 122 valence electrons. The van der Waals surface area contributed by atoms with Crippen LogP contribution in [-0.4, -0.2) is 46.3 Å². The Balaban J connectivity index is 1.64. The van der Waals surface area contributed by atoms with E-state index in [2.05, 4.69) is 21.1 Å². The lowest BCUT2D eigenvalue weighted by Gasteiger charge is -2.37. The van der Waals surface area contributed by atoms with E-state index in [0.717, 1.165) is 10.0 Å². The molecule has 0 aromatic heterocycles. The maximum absolute atomic E-state index is 12.6. The first-order chi connectivity index (χ1) is 10.9. The number of nitrogens with zero attached hydrogens (tertiary/aromatic N) is 2. The van der Waals surface area contributed by atoms with Gasteiger partial charge in [0.25, 0.3) is 5.91 Å². The molecule has 0 atom stereocenters. The number of aliphatic carboxylic acids is 1. The number of halogens is 1. The molecule has 0 radical (unpaired) electrons. The summed E-state index contributed by atoms with van der Waals surface area (Å²) in [5.74, 6) is -1.04. The third-order valence-corrected chi connectivity index (χ3v) is 5.34. The third-order valence-electron chi connectivity index (χ3n) is 4.45. The van der Waals surface area contributed by atoms with E-state index >= 15 is 0 Å². The number of benzene rings is 1. The predicted molar refractivity (Wildman–Crippen MR) is 87.5 cm³/mol. The number of amides is 1. The molecule has 0 aliphatic carbocycles. The van der Waals surface area contributed by atoms with Crippen LogP contribution in [0.2, 0.25) is 0 Å². The van der Waals surface area contributed by atoms with Crippen molar-refractivity contribution in [3.05, 3.63) is 33.8 Å². The number of hydrogen-bond donors (Lipinski definition) is 1. The van der Waals surface area contributed by atoms with E-state index in [0.29, 0.717) is 37.9 Å². The predicted octanol–water partition coefficient (Wildman–Crippen LogP) is 2.59. The lowest BCUT2D eigenvalue weighted by atomic mass is 9.86. The minimum Gasteiger partial charge on any atom is -0.477 e. The lowest BCUT2D eigenvalue weighted by Crippen LogP contribution is -2.47. The molecular formula is C16H17BrN2O4. The van der Waals surface area contributed by atoms with Gasteiger partial charge in [0.2, 0.25) is 0 Å². The highest BCUT2D eigenvalue weighted by molar-refractivity contribution is 9.10. The van der Waals surface area contributed by atoms with Gasteiger partial charge >= 0.3 is 5.97 Å². The van der Waals surface area contributed by atoms with Gasteiger partial charge in [0.15, 0.2) is 5.71 Å². The summed E-state index contributed by atoms with van der Waals surface area (Å²) in [7, 11) is 0. The highest BCUT2D eigenvalue weighted by Gasteiger charge is 2.44. The summed E-state index contributed by atoms with van der Waals surface area (Å²) in [6, 6.07) is 5.55. The fourth-order valence-corrected chi connectivity index (χ4v) is 3.23. The molecule has 0 bridgehead atoms. The van der Waals surface area contributed by atoms with E-state index in [1.54, 1.807) is 4.90 Å². The quantitative estimate of drug-likeness (QED) is 0.854. The van der Waals surface area contributed by atoms with E-state index < -0.39 is 11.6 Å². The zero-order valence-corrected chi connectivity index (χ0v) is 14.3. The van der Waals surface area contributed by atoms with Crippen LogP contribution < -0.4 is 0 Å². The number of piperidine rings is 1. The van der Waals surface area contributed by atoms with Crippen molar-refractivity contribution in [3.8, 4) is 0 Å². The van der Waals surface area contributed by atoms with Crippen LogP contribution in [0.3, 0.4) is 0 Å². The minimum absolute atomic E-state index is 0.00665. The van der Waals surface area contributed by atoms with Crippen molar-refractivity contribution in [2.75, 3.05) is 13.1 Å². The molecule has 1 amide bonds. The molecule has 2 aliphatic heterocycles. The van der Waals surface area contributed by atoms with Crippen molar-refractivity contribution in [3.63, 3.8) is 0 Å². The number of aryl methyl sites for hydroxylation is 1. The standard InChI is InChI=1S/C16H17BrN2O4/c1-10-8-11(2-3-12(10)17)14(20)19-6-4-16(5-7-19)9-13(15(21)22)18-23-16/h2-3,8H,4-7,9H2,1H3,(H,21,22). The summed E-state index contributed by atoms with van der Waals surface area (Å²) in [4.78, 5) is 30.7. The van der Waals surface area contributed by atoms with Crippen molar-refractivity contribution in [1.29, 1.82) is 0 Å². The average molecular weight is 381 g/mol. The Morgan fingerprint density at radius 2 is 2.04 bits per heavy atom. The zero-order chi connectivity index (χ0) is 16.6. The molecule has 1 N–H and O–H groups in total. The number of likely N-dealkylation sites (tertiary alicyclic amines) is 1. The van der Waals surface area contributed by atoms with Crippen LogP contribution in [0, 0.1) is 6.92 Å². The number of rotatable bonds is 2. The van der Waals surface area contributed by atoms with Crippen molar-refractivity contribution in [2.45, 2.75) is 31.8 Å². The van der Waals surface area contributed by atoms with Crippen molar-refractivity contribution < 1.29 is 19.5 Å². The number of carboxylic acids is 1. The molecule has 1 aromatic carbocycles. The van der Waals surface area contributed by atoms with Crippen LogP contribution in [-0.2, 0) is 9.63 Å². The van der Waals surface area contributed by atoms with Gasteiger partial charge in [-0.25, -0.2) is 4.79 Å². The number of carboxylic acid groups (broad SMARTS) is 1. The van der Waals surface area contributed by atoms with E-state index in [1.165, 1.54) is 0 Å². The normalized spacial score (nSPS) is 19.4. The Hall–Kier alpha value is -1.89. The van der Waals surface area contributed by atoms with E-state index in [4.69, 9.17) is 9.94 Å². The second kappa shape index (κ2) is 5.96. The highest BCUT2D eigenvalue weighted by atomic mass is 79.9. The van der Waals surface area contributed by atoms with Crippen LogP contribution >= 0.6 is 15.9 Å². The Kier molecular flexibility index (Phi) is 4.14. The third kappa shape index (κ3) is 3.10. The van der Waals surface area contributed by atoms with Gasteiger partial charge in [-0.05, 0) is 30.7 Å². The Morgan fingerprint density at radius 3 is 2.61 bits per heavy atom. The van der Waals surface area contributed by atoms with Crippen LogP contribution in [0.4, 0.5) is 0 Å². The molecule has 6 nitrogen and oxygen atoms in total.